The minimum atomic E-state index is -3.76. The molecule has 2 rings (SSSR count). The quantitative estimate of drug-likeness (QED) is 0.815. The van der Waals surface area contributed by atoms with Gasteiger partial charge in [-0.3, -0.25) is 4.79 Å². The van der Waals surface area contributed by atoms with Gasteiger partial charge in [-0.1, -0.05) is 26.0 Å². The van der Waals surface area contributed by atoms with Crippen LogP contribution >= 0.6 is 0 Å². The third-order valence-corrected chi connectivity index (χ3v) is 6.36. The molecule has 1 saturated heterocycles. The summed E-state index contributed by atoms with van der Waals surface area (Å²) in [6, 6.07) is 4.60. The summed E-state index contributed by atoms with van der Waals surface area (Å²) in [5.74, 6) is 0.0819. The third kappa shape index (κ3) is 5.28. The van der Waals surface area contributed by atoms with E-state index in [1.165, 1.54) is 0 Å². The lowest BCUT2D eigenvalue weighted by molar-refractivity contribution is -0.135. The number of benzene rings is 1. The zero-order valence-electron chi connectivity index (χ0n) is 16.4. The molecule has 0 saturated carbocycles. The van der Waals surface area contributed by atoms with Gasteiger partial charge in [0.2, 0.25) is 15.9 Å². The first-order valence-electron chi connectivity index (χ1n) is 9.17. The molecular weight excluding hydrogens is 350 g/mol. The van der Waals surface area contributed by atoms with Gasteiger partial charge in [0.1, 0.15) is 6.04 Å². The minimum absolute atomic E-state index is 0.124. The van der Waals surface area contributed by atoms with Crippen LogP contribution in [0.25, 0.3) is 0 Å². The van der Waals surface area contributed by atoms with Gasteiger partial charge in [0.15, 0.2) is 0 Å². The second-order valence-electron chi connectivity index (χ2n) is 7.70. The van der Waals surface area contributed by atoms with Gasteiger partial charge >= 0.3 is 0 Å². The van der Waals surface area contributed by atoms with Crippen molar-refractivity contribution in [3.63, 3.8) is 0 Å². The Labute approximate surface area is 157 Å². The summed E-state index contributed by atoms with van der Waals surface area (Å²) in [5, 5.41) is 0. The Morgan fingerprint density at radius 3 is 2.35 bits per heavy atom. The van der Waals surface area contributed by atoms with Crippen LogP contribution < -0.4 is 4.72 Å². The number of carbonyl (C=O) groups excluding carboxylic acids is 1. The molecule has 0 spiro atoms. The average Bonchev–Trinajstić information content (AvgIpc) is 2.56. The molecule has 1 aromatic rings. The van der Waals surface area contributed by atoms with Crippen LogP contribution in [0.15, 0.2) is 23.1 Å². The van der Waals surface area contributed by atoms with Crippen molar-refractivity contribution < 1.29 is 13.2 Å². The van der Waals surface area contributed by atoms with E-state index in [2.05, 4.69) is 9.62 Å². The van der Waals surface area contributed by atoms with Gasteiger partial charge in [0, 0.05) is 26.2 Å². The Balaban J connectivity index is 2.23. The summed E-state index contributed by atoms with van der Waals surface area (Å²) < 4.78 is 28.6. The molecule has 7 heteroatoms. The van der Waals surface area contributed by atoms with E-state index >= 15 is 0 Å². The molecule has 6 nitrogen and oxygen atoms in total. The maximum atomic E-state index is 13.0. The minimum Gasteiger partial charge on any atom is -0.339 e. The first-order chi connectivity index (χ1) is 12.1. The first-order valence-corrected chi connectivity index (χ1v) is 10.7. The normalized spacial score (nSPS) is 17.5. The molecule has 1 heterocycles. The Morgan fingerprint density at radius 1 is 1.15 bits per heavy atom. The zero-order chi connectivity index (χ0) is 19.5. The van der Waals surface area contributed by atoms with E-state index in [-0.39, 0.29) is 16.7 Å². The molecule has 0 unspecified atom stereocenters. The highest BCUT2D eigenvalue weighted by Gasteiger charge is 2.31. The SMILES string of the molecule is Cc1ccc(C)c(S(=O)(=O)N[C@H](CC(C)C)C(=O)N2CCN(C)CC2)c1. The van der Waals surface area contributed by atoms with Crippen molar-refractivity contribution in [2.45, 2.75) is 45.1 Å². The monoisotopic (exact) mass is 381 g/mol. The molecule has 0 bridgehead atoms. The number of sulfonamides is 1. The summed E-state index contributed by atoms with van der Waals surface area (Å²) in [5.41, 5.74) is 1.56. The molecule has 1 aliphatic rings. The molecule has 1 aliphatic heterocycles. The molecular formula is C19H31N3O3S. The van der Waals surface area contributed by atoms with Gasteiger partial charge in [-0.2, -0.15) is 4.72 Å². The topological polar surface area (TPSA) is 69.7 Å². The van der Waals surface area contributed by atoms with E-state index in [4.69, 9.17) is 0 Å². The highest BCUT2D eigenvalue weighted by atomic mass is 32.2. The fourth-order valence-electron chi connectivity index (χ4n) is 3.17. The van der Waals surface area contributed by atoms with Crippen LogP contribution in [0.4, 0.5) is 0 Å². The number of carbonyl (C=O) groups is 1. The Kier molecular flexibility index (Phi) is 6.82. The maximum absolute atomic E-state index is 13.0. The van der Waals surface area contributed by atoms with Crippen molar-refractivity contribution in [2.24, 2.45) is 5.92 Å². The smallest absolute Gasteiger partial charge is 0.241 e. The number of aryl methyl sites for hydroxylation is 2. The molecule has 0 radical (unpaired) electrons. The fourth-order valence-corrected chi connectivity index (χ4v) is 4.70. The van der Waals surface area contributed by atoms with Crippen molar-refractivity contribution >= 4 is 15.9 Å². The Hall–Kier alpha value is -1.44. The van der Waals surface area contributed by atoms with Crippen LogP contribution in [0.3, 0.4) is 0 Å². The second kappa shape index (κ2) is 8.50. The van der Waals surface area contributed by atoms with Crippen LogP contribution in [-0.4, -0.2) is 63.4 Å². The fraction of sp³-hybridized carbons (Fsp3) is 0.632. The summed E-state index contributed by atoms with van der Waals surface area (Å²) >= 11 is 0. The van der Waals surface area contributed by atoms with E-state index in [0.29, 0.717) is 25.1 Å². The van der Waals surface area contributed by atoms with E-state index in [1.54, 1.807) is 24.0 Å². The summed E-state index contributed by atoms with van der Waals surface area (Å²) in [7, 11) is -1.74. The first kappa shape index (κ1) is 20.9. The van der Waals surface area contributed by atoms with Crippen LogP contribution in [0.1, 0.15) is 31.4 Å². The van der Waals surface area contributed by atoms with E-state index in [1.807, 2.05) is 33.9 Å². The number of nitrogens with one attached hydrogen (secondary N) is 1. The van der Waals surface area contributed by atoms with Crippen LogP contribution in [0.5, 0.6) is 0 Å². The van der Waals surface area contributed by atoms with E-state index < -0.39 is 16.1 Å². The van der Waals surface area contributed by atoms with Crippen molar-refractivity contribution in [1.29, 1.82) is 0 Å². The maximum Gasteiger partial charge on any atom is 0.241 e. The van der Waals surface area contributed by atoms with Crippen LogP contribution in [0, 0.1) is 19.8 Å². The number of piperazine rings is 1. The lowest BCUT2D eigenvalue weighted by atomic mass is 10.0. The number of hydrogen-bond donors (Lipinski definition) is 1. The summed E-state index contributed by atoms with van der Waals surface area (Å²) in [4.78, 5) is 17.2. The predicted octanol–water partition coefficient (Wildman–Crippen LogP) is 1.77. The Morgan fingerprint density at radius 2 is 1.77 bits per heavy atom. The zero-order valence-corrected chi connectivity index (χ0v) is 17.3. The van der Waals surface area contributed by atoms with Crippen molar-refractivity contribution in [1.82, 2.24) is 14.5 Å². The Bertz CT molecular complexity index is 738. The second-order valence-corrected chi connectivity index (χ2v) is 9.38. The largest absolute Gasteiger partial charge is 0.339 e. The molecule has 1 aromatic carbocycles. The molecule has 0 aliphatic carbocycles. The van der Waals surface area contributed by atoms with E-state index in [0.717, 1.165) is 18.7 Å². The van der Waals surface area contributed by atoms with Crippen molar-refractivity contribution in [2.75, 3.05) is 33.2 Å². The number of hydrogen-bond acceptors (Lipinski definition) is 4. The lowest BCUT2D eigenvalue weighted by Crippen LogP contribution is -2.54. The van der Waals surface area contributed by atoms with Crippen LogP contribution in [-0.2, 0) is 14.8 Å². The molecule has 146 valence electrons. The standard InChI is InChI=1S/C19H31N3O3S/c1-14(2)12-17(19(23)22-10-8-21(5)9-11-22)20-26(24,25)18-13-15(3)6-7-16(18)4/h6-7,13-14,17,20H,8-12H2,1-5H3/t17-/m1/s1. The number of nitrogens with zero attached hydrogens (tertiary/aromatic N) is 2. The van der Waals surface area contributed by atoms with Crippen molar-refractivity contribution in [3.8, 4) is 0 Å². The van der Waals surface area contributed by atoms with Gasteiger partial charge in [-0.25, -0.2) is 8.42 Å². The molecule has 26 heavy (non-hydrogen) atoms. The van der Waals surface area contributed by atoms with Gasteiger partial charge in [-0.05, 0) is 50.4 Å². The van der Waals surface area contributed by atoms with Gasteiger partial charge in [0.25, 0.3) is 0 Å². The number of amides is 1. The molecule has 1 atom stereocenters. The lowest BCUT2D eigenvalue weighted by Gasteiger charge is -2.35. The molecule has 0 aromatic heterocycles. The van der Waals surface area contributed by atoms with E-state index in [9.17, 15) is 13.2 Å². The highest BCUT2D eigenvalue weighted by Crippen LogP contribution is 2.19. The summed E-state index contributed by atoms with van der Waals surface area (Å²) in [6.07, 6.45) is 0.481. The molecule has 1 fully saturated rings. The average molecular weight is 382 g/mol. The highest BCUT2D eigenvalue weighted by molar-refractivity contribution is 7.89. The van der Waals surface area contributed by atoms with Gasteiger partial charge in [0.05, 0.1) is 4.90 Å². The van der Waals surface area contributed by atoms with Crippen molar-refractivity contribution in [3.05, 3.63) is 29.3 Å². The number of rotatable bonds is 6. The van der Waals surface area contributed by atoms with Crippen LogP contribution in [0.2, 0.25) is 0 Å². The van der Waals surface area contributed by atoms with Gasteiger partial charge < -0.3 is 9.80 Å². The molecule has 1 amide bonds. The third-order valence-electron chi connectivity index (χ3n) is 4.75. The van der Waals surface area contributed by atoms with Gasteiger partial charge in [-0.15, -0.1) is 0 Å². The predicted molar refractivity (Wildman–Crippen MR) is 104 cm³/mol. The molecule has 1 N–H and O–H groups in total. The summed E-state index contributed by atoms with van der Waals surface area (Å²) in [6.45, 7) is 10.5. The number of likely N-dealkylation sites (N-methyl/N-ethyl adjacent to an activating group) is 1.